The van der Waals surface area contributed by atoms with E-state index in [0.717, 1.165) is 16.9 Å². The molecule has 3 aromatic carbocycles. The van der Waals surface area contributed by atoms with Gasteiger partial charge in [0, 0.05) is 29.8 Å². The normalized spacial score (nSPS) is 10.9. The third-order valence-corrected chi connectivity index (χ3v) is 5.50. The first-order valence-corrected chi connectivity index (χ1v) is 11.0. The van der Waals surface area contributed by atoms with Crippen molar-refractivity contribution < 1.29 is 19.0 Å². The van der Waals surface area contributed by atoms with E-state index in [2.05, 4.69) is 20.5 Å². The minimum Gasteiger partial charge on any atom is -0.497 e. The highest BCUT2D eigenvalue weighted by atomic mass is 16.5. The van der Waals surface area contributed by atoms with E-state index in [1.807, 2.05) is 35.6 Å². The van der Waals surface area contributed by atoms with E-state index in [1.54, 1.807) is 42.5 Å². The van der Waals surface area contributed by atoms with Gasteiger partial charge in [0.05, 0.1) is 25.3 Å². The maximum atomic E-state index is 12.9. The van der Waals surface area contributed by atoms with Gasteiger partial charge < -0.3 is 19.5 Å². The van der Waals surface area contributed by atoms with Crippen LogP contribution in [-0.2, 0) is 6.42 Å². The fraction of sp³-hybridized carbons (Fsp3) is 0.154. The van der Waals surface area contributed by atoms with Crippen molar-refractivity contribution in [1.82, 2.24) is 19.6 Å². The summed E-state index contributed by atoms with van der Waals surface area (Å²) < 4.78 is 18.6. The van der Waals surface area contributed by atoms with Gasteiger partial charge in [0.1, 0.15) is 23.1 Å². The number of anilines is 1. The molecule has 35 heavy (non-hydrogen) atoms. The number of benzene rings is 3. The number of rotatable bonds is 7. The Hall–Kier alpha value is -4.66. The lowest BCUT2D eigenvalue weighted by Crippen LogP contribution is -2.12. The molecule has 0 bridgehead atoms. The van der Waals surface area contributed by atoms with Crippen molar-refractivity contribution in [2.45, 2.75) is 13.3 Å². The molecule has 0 saturated carbocycles. The molecule has 1 N–H and O–H groups in total. The number of ether oxygens (including phenoxy) is 3. The summed E-state index contributed by atoms with van der Waals surface area (Å²) in [6.45, 7) is 2.02. The van der Waals surface area contributed by atoms with Crippen LogP contribution in [0.25, 0.3) is 16.7 Å². The molecule has 0 unspecified atom stereocenters. The lowest BCUT2D eigenvalue weighted by Gasteiger charge is -2.11. The summed E-state index contributed by atoms with van der Waals surface area (Å²) in [7, 11) is 3.07. The molecule has 0 aliphatic carbocycles. The second-order valence-corrected chi connectivity index (χ2v) is 7.72. The summed E-state index contributed by atoms with van der Waals surface area (Å²) in [5.74, 6) is 2.39. The van der Waals surface area contributed by atoms with Crippen LogP contribution in [-0.4, -0.2) is 39.7 Å². The summed E-state index contributed by atoms with van der Waals surface area (Å²) >= 11 is 0. The van der Waals surface area contributed by atoms with Crippen molar-refractivity contribution in [3.63, 3.8) is 0 Å². The van der Waals surface area contributed by atoms with Crippen molar-refractivity contribution in [2.24, 2.45) is 0 Å². The Balaban J connectivity index is 1.45. The molecule has 5 aromatic rings. The van der Waals surface area contributed by atoms with Crippen molar-refractivity contribution in [1.29, 1.82) is 0 Å². The van der Waals surface area contributed by atoms with E-state index < -0.39 is 0 Å². The zero-order chi connectivity index (χ0) is 24.4. The predicted octanol–water partition coefficient (Wildman–Crippen LogP) is 4.90. The van der Waals surface area contributed by atoms with Crippen LogP contribution in [0.2, 0.25) is 0 Å². The van der Waals surface area contributed by atoms with Crippen molar-refractivity contribution in [2.75, 3.05) is 19.5 Å². The average molecular weight is 470 g/mol. The zero-order valence-corrected chi connectivity index (χ0v) is 19.5. The predicted molar refractivity (Wildman–Crippen MR) is 132 cm³/mol. The minimum atomic E-state index is -0.310. The number of fused-ring (bicyclic) bond motifs is 3. The SMILES string of the molecule is CCc1nnc2c(Oc3cccc(NC(=O)c4cc(OC)cc(OC)c4)c3)nc3ccccc3n12. The Kier molecular flexibility index (Phi) is 5.88. The van der Waals surface area contributed by atoms with Crippen LogP contribution in [0.15, 0.2) is 66.7 Å². The Morgan fingerprint density at radius 1 is 0.914 bits per heavy atom. The zero-order valence-electron chi connectivity index (χ0n) is 19.5. The summed E-state index contributed by atoms with van der Waals surface area (Å²) in [6, 6.07) is 19.8. The van der Waals surface area contributed by atoms with Gasteiger partial charge >= 0.3 is 0 Å². The molecule has 9 nitrogen and oxygen atoms in total. The molecule has 2 heterocycles. The number of aromatic nitrogens is 4. The molecule has 2 aromatic heterocycles. The molecule has 0 atom stereocenters. The summed E-state index contributed by atoms with van der Waals surface area (Å²) in [5.41, 5.74) is 3.16. The van der Waals surface area contributed by atoms with Gasteiger partial charge in [0.25, 0.3) is 11.8 Å². The second-order valence-electron chi connectivity index (χ2n) is 7.72. The molecule has 0 spiro atoms. The summed E-state index contributed by atoms with van der Waals surface area (Å²) in [6.07, 6.45) is 0.713. The number of carbonyl (C=O) groups is 1. The molecule has 176 valence electrons. The molecule has 9 heteroatoms. The topological polar surface area (TPSA) is 99.9 Å². The van der Waals surface area contributed by atoms with E-state index >= 15 is 0 Å². The number of aryl methyl sites for hydroxylation is 1. The van der Waals surface area contributed by atoms with E-state index in [9.17, 15) is 4.79 Å². The highest BCUT2D eigenvalue weighted by Gasteiger charge is 2.16. The largest absolute Gasteiger partial charge is 0.497 e. The molecule has 1 amide bonds. The van der Waals surface area contributed by atoms with Gasteiger partial charge in [-0.3, -0.25) is 9.20 Å². The van der Waals surface area contributed by atoms with E-state index in [0.29, 0.717) is 46.4 Å². The molecule has 0 saturated heterocycles. The Morgan fingerprint density at radius 2 is 1.69 bits per heavy atom. The van der Waals surface area contributed by atoms with Gasteiger partial charge in [-0.05, 0) is 36.4 Å². The van der Waals surface area contributed by atoms with Crippen LogP contribution < -0.4 is 19.5 Å². The summed E-state index contributed by atoms with van der Waals surface area (Å²) in [5, 5.41) is 11.5. The second kappa shape index (κ2) is 9.30. The third kappa shape index (κ3) is 4.31. The first-order chi connectivity index (χ1) is 17.1. The van der Waals surface area contributed by atoms with Crippen LogP contribution in [0.4, 0.5) is 5.69 Å². The van der Waals surface area contributed by atoms with Crippen molar-refractivity contribution in [3.8, 4) is 23.1 Å². The highest BCUT2D eigenvalue weighted by molar-refractivity contribution is 6.04. The average Bonchev–Trinajstić information content (AvgIpc) is 3.33. The number of methoxy groups -OCH3 is 2. The quantitative estimate of drug-likeness (QED) is 0.362. The smallest absolute Gasteiger partial charge is 0.266 e. The third-order valence-electron chi connectivity index (χ3n) is 5.50. The highest BCUT2D eigenvalue weighted by Crippen LogP contribution is 2.29. The molecule has 0 aliphatic heterocycles. The van der Waals surface area contributed by atoms with Gasteiger partial charge in [-0.25, -0.2) is 4.98 Å². The van der Waals surface area contributed by atoms with E-state index in [4.69, 9.17) is 14.2 Å². The number of carbonyl (C=O) groups excluding carboxylic acids is 1. The molecule has 0 aliphatic rings. The minimum absolute atomic E-state index is 0.310. The Morgan fingerprint density at radius 3 is 2.43 bits per heavy atom. The molecular formula is C26H23N5O4. The Bertz CT molecular complexity index is 1520. The molecule has 0 fully saturated rings. The van der Waals surface area contributed by atoms with Crippen LogP contribution >= 0.6 is 0 Å². The number of hydrogen-bond donors (Lipinski definition) is 1. The summed E-state index contributed by atoms with van der Waals surface area (Å²) in [4.78, 5) is 17.5. The van der Waals surface area contributed by atoms with Crippen LogP contribution in [0.5, 0.6) is 23.1 Å². The maximum absolute atomic E-state index is 12.9. The monoisotopic (exact) mass is 469 g/mol. The van der Waals surface area contributed by atoms with Gasteiger partial charge in [-0.15, -0.1) is 10.2 Å². The number of para-hydroxylation sites is 2. The first kappa shape index (κ1) is 22.1. The first-order valence-electron chi connectivity index (χ1n) is 11.0. The maximum Gasteiger partial charge on any atom is 0.266 e. The van der Waals surface area contributed by atoms with Crippen LogP contribution in [0, 0.1) is 0 Å². The fourth-order valence-corrected chi connectivity index (χ4v) is 3.80. The van der Waals surface area contributed by atoms with E-state index in [1.165, 1.54) is 14.2 Å². The van der Waals surface area contributed by atoms with Crippen molar-refractivity contribution in [3.05, 3.63) is 78.1 Å². The van der Waals surface area contributed by atoms with E-state index in [-0.39, 0.29) is 5.91 Å². The van der Waals surface area contributed by atoms with Crippen LogP contribution in [0.3, 0.4) is 0 Å². The fourth-order valence-electron chi connectivity index (χ4n) is 3.80. The van der Waals surface area contributed by atoms with Gasteiger partial charge in [0.15, 0.2) is 0 Å². The number of nitrogens with one attached hydrogen (secondary N) is 1. The molecule has 0 radical (unpaired) electrons. The van der Waals surface area contributed by atoms with Gasteiger partial charge in [-0.2, -0.15) is 0 Å². The van der Waals surface area contributed by atoms with Crippen LogP contribution in [0.1, 0.15) is 23.1 Å². The lowest BCUT2D eigenvalue weighted by atomic mass is 10.1. The van der Waals surface area contributed by atoms with Gasteiger partial charge in [0.2, 0.25) is 5.65 Å². The standard InChI is InChI=1S/C26H23N5O4/c1-4-23-29-30-24-26(28-21-10-5-6-11-22(21)31(23)24)35-18-9-7-8-17(14-18)27-25(32)16-12-19(33-2)15-20(13-16)34-3/h5-15H,4H2,1-3H3,(H,27,32). The number of nitrogens with zero attached hydrogens (tertiary/aromatic N) is 4. The molecular weight excluding hydrogens is 446 g/mol. The molecule has 5 rings (SSSR count). The number of amides is 1. The van der Waals surface area contributed by atoms with Crippen molar-refractivity contribution >= 4 is 28.3 Å². The number of hydrogen-bond acceptors (Lipinski definition) is 7. The van der Waals surface area contributed by atoms with Gasteiger partial charge in [-0.1, -0.05) is 25.1 Å². The Labute approximate surface area is 201 Å². The lowest BCUT2D eigenvalue weighted by molar-refractivity contribution is 0.102.